The zero-order chi connectivity index (χ0) is 28.7. The fraction of sp³-hybridized carbons (Fsp3) is 0.231. The van der Waals surface area contributed by atoms with E-state index in [2.05, 4.69) is 20.3 Å². The highest BCUT2D eigenvalue weighted by Gasteiger charge is 2.35. The highest BCUT2D eigenvalue weighted by Crippen LogP contribution is 2.42. The molecule has 0 saturated carbocycles. The summed E-state index contributed by atoms with van der Waals surface area (Å²) in [5.74, 6) is -3.41. The SMILES string of the molecule is COc1cc(-c2c[nH]c3nccc(Oc4c(F)cc(NC5=NCC(F)(CO)CO5)cc4F)c23)ccc1C(F)(F)F. The van der Waals surface area contributed by atoms with Gasteiger partial charge in [0.15, 0.2) is 23.1 Å². The molecule has 0 amide bonds. The number of hydrogen-bond acceptors (Lipinski definition) is 7. The number of rotatable bonds is 6. The number of H-pyrrole nitrogens is 1. The smallest absolute Gasteiger partial charge is 0.419 e. The van der Waals surface area contributed by atoms with Gasteiger partial charge in [-0.3, -0.25) is 0 Å². The van der Waals surface area contributed by atoms with Gasteiger partial charge < -0.3 is 29.6 Å². The van der Waals surface area contributed by atoms with Crippen LogP contribution in [0.4, 0.5) is 32.0 Å². The molecule has 0 bridgehead atoms. The maximum atomic E-state index is 15.0. The Hall–Kier alpha value is -4.46. The van der Waals surface area contributed by atoms with Crippen LogP contribution in [0.3, 0.4) is 0 Å². The number of ether oxygens (including phenoxy) is 3. The number of methoxy groups -OCH3 is 1. The largest absolute Gasteiger partial charge is 0.496 e. The Bertz CT molecular complexity index is 1580. The van der Waals surface area contributed by atoms with E-state index in [-0.39, 0.29) is 28.5 Å². The molecule has 40 heavy (non-hydrogen) atoms. The Morgan fingerprint density at radius 3 is 2.50 bits per heavy atom. The normalized spacial score (nSPS) is 17.4. The molecule has 3 heterocycles. The number of nitrogens with zero attached hydrogens (tertiary/aromatic N) is 2. The molecule has 1 aliphatic rings. The lowest BCUT2D eigenvalue weighted by Gasteiger charge is -2.26. The van der Waals surface area contributed by atoms with Gasteiger partial charge in [0.05, 0.1) is 31.2 Å². The van der Waals surface area contributed by atoms with Gasteiger partial charge >= 0.3 is 6.18 Å². The van der Waals surface area contributed by atoms with Crippen LogP contribution < -0.4 is 14.8 Å². The molecule has 0 aliphatic carbocycles. The average molecular weight is 566 g/mol. The standard InChI is InChI=1S/C26H20F6N4O4/c1-38-20-6-13(2-3-16(20)26(30,31)32)15-9-34-23-21(15)19(4-5-33-23)40-22-17(27)7-14(8-18(22)28)36-24-35-10-25(29,11-37)12-39-24/h2-9,37H,10-12H2,1H3,(H,33,34)(H,35,36). The van der Waals surface area contributed by atoms with Crippen molar-refractivity contribution in [3.63, 3.8) is 0 Å². The second-order valence-electron chi connectivity index (χ2n) is 8.86. The lowest BCUT2D eigenvalue weighted by atomic mass is 10.0. The number of aliphatic imine (C=N–C) groups is 1. The van der Waals surface area contributed by atoms with Gasteiger partial charge in [-0.15, -0.1) is 0 Å². The number of aromatic nitrogens is 2. The van der Waals surface area contributed by atoms with Crippen molar-refractivity contribution in [2.24, 2.45) is 4.99 Å². The summed E-state index contributed by atoms with van der Waals surface area (Å²) in [5, 5.41) is 11.8. The van der Waals surface area contributed by atoms with Crippen molar-refractivity contribution >= 4 is 22.7 Å². The van der Waals surface area contributed by atoms with E-state index in [1.54, 1.807) is 0 Å². The molecular formula is C26H20F6N4O4. The van der Waals surface area contributed by atoms with E-state index in [0.717, 1.165) is 25.3 Å². The molecule has 14 heteroatoms. The fourth-order valence-corrected chi connectivity index (χ4v) is 4.07. The molecule has 0 spiro atoms. The third-order valence-electron chi connectivity index (χ3n) is 6.07. The molecule has 8 nitrogen and oxygen atoms in total. The molecular weight excluding hydrogens is 546 g/mol. The highest BCUT2D eigenvalue weighted by atomic mass is 19.4. The van der Waals surface area contributed by atoms with Gasteiger partial charge in [-0.05, 0) is 23.8 Å². The van der Waals surface area contributed by atoms with Crippen LogP contribution in [0.1, 0.15) is 5.56 Å². The number of pyridine rings is 1. The number of aliphatic hydroxyl groups excluding tert-OH is 1. The Kier molecular flexibility index (Phi) is 6.96. The van der Waals surface area contributed by atoms with Crippen LogP contribution in [0.2, 0.25) is 0 Å². The van der Waals surface area contributed by atoms with Crippen molar-refractivity contribution < 1.29 is 45.7 Å². The first-order valence-electron chi connectivity index (χ1n) is 11.6. The van der Waals surface area contributed by atoms with Crippen molar-refractivity contribution in [3.05, 3.63) is 66.0 Å². The second kappa shape index (κ2) is 10.3. The summed E-state index contributed by atoms with van der Waals surface area (Å²) in [5.41, 5.74) is -2.20. The van der Waals surface area contributed by atoms with E-state index in [4.69, 9.17) is 19.3 Å². The Labute approximate surface area is 222 Å². The van der Waals surface area contributed by atoms with Gasteiger partial charge in [0.25, 0.3) is 6.02 Å². The number of aromatic amines is 1. The summed E-state index contributed by atoms with van der Waals surface area (Å²) in [4.78, 5) is 10.8. The minimum absolute atomic E-state index is 0.0260. The predicted octanol–water partition coefficient (Wildman–Crippen LogP) is 5.83. The van der Waals surface area contributed by atoms with Crippen molar-refractivity contribution in [1.82, 2.24) is 9.97 Å². The van der Waals surface area contributed by atoms with Gasteiger partial charge in [0, 0.05) is 35.8 Å². The Balaban J connectivity index is 1.46. The topological polar surface area (TPSA) is 101 Å². The molecule has 5 rings (SSSR count). The summed E-state index contributed by atoms with van der Waals surface area (Å²) in [6.45, 7) is -1.69. The quantitative estimate of drug-likeness (QED) is 0.254. The number of hydrogen-bond donors (Lipinski definition) is 3. The molecule has 0 saturated heterocycles. The molecule has 0 fully saturated rings. The number of amidine groups is 1. The molecule has 3 N–H and O–H groups in total. The minimum Gasteiger partial charge on any atom is -0.496 e. The predicted molar refractivity (Wildman–Crippen MR) is 132 cm³/mol. The van der Waals surface area contributed by atoms with Gasteiger partial charge in [0.2, 0.25) is 0 Å². The van der Waals surface area contributed by atoms with Crippen LogP contribution in [0, 0.1) is 11.6 Å². The number of nitrogens with one attached hydrogen (secondary N) is 2. The van der Waals surface area contributed by atoms with E-state index < -0.39 is 60.3 Å². The number of anilines is 1. The summed E-state index contributed by atoms with van der Waals surface area (Å²) >= 11 is 0. The molecule has 1 atom stereocenters. The van der Waals surface area contributed by atoms with Crippen molar-refractivity contribution in [2.45, 2.75) is 11.8 Å². The first-order valence-corrected chi connectivity index (χ1v) is 11.6. The third kappa shape index (κ3) is 5.21. The maximum absolute atomic E-state index is 15.0. The van der Waals surface area contributed by atoms with Crippen molar-refractivity contribution in [1.29, 1.82) is 0 Å². The van der Waals surface area contributed by atoms with E-state index in [1.807, 2.05) is 0 Å². The lowest BCUT2D eigenvalue weighted by Crippen LogP contribution is -2.43. The Morgan fingerprint density at radius 2 is 1.88 bits per heavy atom. The minimum atomic E-state index is -4.64. The molecule has 1 unspecified atom stereocenters. The van der Waals surface area contributed by atoms with Gasteiger partial charge in [-0.1, -0.05) is 6.07 Å². The van der Waals surface area contributed by atoms with Crippen LogP contribution in [-0.4, -0.2) is 53.6 Å². The molecule has 4 aromatic rings. The first kappa shape index (κ1) is 27.1. The van der Waals surface area contributed by atoms with Crippen LogP contribution in [0.5, 0.6) is 17.2 Å². The third-order valence-corrected chi connectivity index (χ3v) is 6.07. The van der Waals surface area contributed by atoms with Gasteiger partial charge in [-0.25, -0.2) is 23.1 Å². The lowest BCUT2D eigenvalue weighted by molar-refractivity contribution is -0.138. The van der Waals surface area contributed by atoms with Crippen LogP contribution in [0.15, 0.2) is 53.8 Å². The first-order chi connectivity index (χ1) is 19.0. The molecule has 210 valence electrons. The van der Waals surface area contributed by atoms with Crippen LogP contribution >= 0.6 is 0 Å². The number of aliphatic hydroxyl groups is 1. The highest BCUT2D eigenvalue weighted by molar-refractivity contribution is 5.98. The van der Waals surface area contributed by atoms with Gasteiger partial charge in [0.1, 0.15) is 23.8 Å². The summed E-state index contributed by atoms with van der Waals surface area (Å²) in [6.07, 6.45) is -1.84. The molecule has 0 radical (unpaired) electrons. The molecule has 2 aromatic carbocycles. The fourth-order valence-electron chi connectivity index (χ4n) is 4.07. The van der Waals surface area contributed by atoms with E-state index in [0.29, 0.717) is 11.1 Å². The summed E-state index contributed by atoms with van der Waals surface area (Å²) in [6, 6.07) is 6.26. The van der Waals surface area contributed by atoms with Crippen molar-refractivity contribution in [2.75, 3.05) is 32.2 Å². The molecule has 1 aliphatic heterocycles. The van der Waals surface area contributed by atoms with Gasteiger partial charge in [-0.2, -0.15) is 13.2 Å². The number of fused-ring (bicyclic) bond motifs is 1. The second-order valence-corrected chi connectivity index (χ2v) is 8.86. The van der Waals surface area contributed by atoms with Crippen molar-refractivity contribution in [3.8, 4) is 28.4 Å². The van der Waals surface area contributed by atoms with E-state index in [9.17, 15) is 17.6 Å². The number of alkyl halides is 4. The van der Waals surface area contributed by atoms with Crippen LogP contribution in [-0.2, 0) is 10.9 Å². The average Bonchev–Trinajstić information content (AvgIpc) is 3.36. The monoisotopic (exact) mass is 566 g/mol. The van der Waals surface area contributed by atoms with E-state index >= 15 is 8.78 Å². The van der Waals surface area contributed by atoms with E-state index in [1.165, 1.54) is 30.6 Å². The maximum Gasteiger partial charge on any atom is 0.419 e. The Morgan fingerprint density at radius 1 is 1.12 bits per heavy atom. The number of halogens is 6. The zero-order valence-corrected chi connectivity index (χ0v) is 20.6. The zero-order valence-electron chi connectivity index (χ0n) is 20.6. The van der Waals surface area contributed by atoms with Crippen LogP contribution in [0.25, 0.3) is 22.2 Å². The molecule has 2 aromatic heterocycles. The number of benzene rings is 2. The summed E-state index contributed by atoms with van der Waals surface area (Å²) < 4.78 is 99.6. The summed E-state index contributed by atoms with van der Waals surface area (Å²) in [7, 11) is 1.11.